The van der Waals surface area contributed by atoms with Crippen molar-refractivity contribution in [1.29, 1.82) is 0 Å². The van der Waals surface area contributed by atoms with Crippen molar-refractivity contribution in [3.8, 4) is 0 Å². The van der Waals surface area contributed by atoms with E-state index in [0.717, 1.165) is 23.2 Å². The molecule has 5 nitrogen and oxygen atoms in total. The van der Waals surface area contributed by atoms with Crippen LogP contribution < -0.4 is 5.73 Å². The Morgan fingerprint density at radius 3 is 2.90 bits per heavy atom. The van der Waals surface area contributed by atoms with Gasteiger partial charge in [-0.25, -0.2) is 9.31 Å². The first-order valence-corrected chi connectivity index (χ1v) is 6.98. The number of ether oxygens (including phenoxy) is 1. The van der Waals surface area contributed by atoms with E-state index < -0.39 is 0 Å². The number of anilines is 1. The number of fused-ring (bicyclic) bond motifs is 1. The van der Waals surface area contributed by atoms with E-state index in [2.05, 4.69) is 12.0 Å². The van der Waals surface area contributed by atoms with E-state index >= 15 is 0 Å². The fourth-order valence-electron chi connectivity index (χ4n) is 2.60. The summed E-state index contributed by atoms with van der Waals surface area (Å²) >= 11 is 0. The zero-order valence-electron chi connectivity index (χ0n) is 12.0. The van der Waals surface area contributed by atoms with Crippen LogP contribution in [-0.2, 0) is 4.74 Å². The molecule has 5 heteroatoms. The average Bonchev–Trinajstić information content (AvgIpc) is 3.00. The van der Waals surface area contributed by atoms with E-state index in [1.54, 1.807) is 4.52 Å². The molecular weight excluding hydrogens is 254 g/mol. The highest BCUT2D eigenvalue weighted by atomic mass is 16.5. The number of nitrogens with two attached hydrogens (primary N) is 1. The Labute approximate surface area is 117 Å². The Kier molecular flexibility index (Phi) is 2.92. The Morgan fingerprint density at radius 2 is 2.30 bits per heavy atom. The number of aromatic nitrogens is 2. The SMILES string of the molecule is CCOC(=O)c1c(C2CC2C)nn2cc(C)c(N)cc12. The van der Waals surface area contributed by atoms with Crippen molar-refractivity contribution in [1.82, 2.24) is 9.61 Å². The van der Waals surface area contributed by atoms with Crippen LogP contribution in [0.25, 0.3) is 5.52 Å². The molecular formula is C15H19N3O2. The van der Waals surface area contributed by atoms with Crippen molar-refractivity contribution in [3.63, 3.8) is 0 Å². The third-order valence-corrected chi connectivity index (χ3v) is 3.98. The predicted molar refractivity (Wildman–Crippen MR) is 76.8 cm³/mol. The number of carbonyl (C=O) groups is 1. The van der Waals surface area contributed by atoms with Gasteiger partial charge in [0.1, 0.15) is 5.56 Å². The van der Waals surface area contributed by atoms with E-state index in [4.69, 9.17) is 10.5 Å². The molecule has 1 aliphatic carbocycles. The van der Waals surface area contributed by atoms with Crippen molar-refractivity contribution in [2.75, 3.05) is 12.3 Å². The van der Waals surface area contributed by atoms with Crippen LogP contribution >= 0.6 is 0 Å². The van der Waals surface area contributed by atoms with Crippen molar-refractivity contribution >= 4 is 17.2 Å². The number of carbonyl (C=O) groups excluding carboxylic acids is 1. The Bertz CT molecular complexity index is 690. The van der Waals surface area contributed by atoms with Crippen molar-refractivity contribution < 1.29 is 9.53 Å². The highest BCUT2D eigenvalue weighted by molar-refractivity contribution is 5.99. The summed E-state index contributed by atoms with van der Waals surface area (Å²) < 4.78 is 6.93. The van der Waals surface area contributed by atoms with Gasteiger partial charge in [0.05, 0.1) is 17.8 Å². The molecule has 0 spiro atoms. The van der Waals surface area contributed by atoms with Gasteiger partial charge in [0.25, 0.3) is 0 Å². The van der Waals surface area contributed by atoms with Gasteiger partial charge in [-0.2, -0.15) is 5.10 Å². The minimum absolute atomic E-state index is 0.306. The molecule has 2 unspecified atom stereocenters. The van der Waals surface area contributed by atoms with Crippen LogP contribution in [0.3, 0.4) is 0 Å². The molecule has 0 aliphatic heterocycles. The molecule has 3 rings (SSSR count). The fraction of sp³-hybridized carbons (Fsp3) is 0.467. The van der Waals surface area contributed by atoms with E-state index in [0.29, 0.717) is 29.7 Å². The molecule has 1 saturated carbocycles. The van der Waals surface area contributed by atoms with Crippen LogP contribution in [0.5, 0.6) is 0 Å². The van der Waals surface area contributed by atoms with Crippen LogP contribution in [0.2, 0.25) is 0 Å². The molecule has 0 saturated heterocycles. The largest absolute Gasteiger partial charge is 0.462 e. The molecule has 2 atom stereocenters. The molecule has 2 aromatic rings. The highest BCUT2D eigenvalue weighted by Crippen LogP contribution is 2.48. The quantitative estimate of drug-likeness (QED) is 0.872. The fourth-order valence-corrected chi connectivity index (χ4v) is 2.60. The lowest BCUT2D eigenvalue weighted by atomic mass is 10.1. The monoisotopic (exact) mass is 273 g/mol. The number of pyridine rings is 1. The van der Waals surface area contributed by atoms with E-state index in [-0.39, 0.29) is 5.97 Å². The topological polar surface area (TPSA) is 69.6 Å². The van der Waals surface area contributed by atoms with Gasteiger partial charge >= 0.3 is 5.97 Å². The van der Waals surface area contributed by atoms with Gasteiger partial charge in [-0.3, -0.25) is 0 Å². The lowest BCUT2D eigenvalue weighted by molar-refractivity contribution is 0.0527. The zero-order chi connectivity index (χ0) is 14.4. The first-order chi connectivity index (χ1) is 9.52. The highest BCUT2D eigenvalue weighted by Gasteiger charge is 2.40. The van der Waals surface area contributed by atoms with Gasteiger partial charge in [-0.05, 0) is 37.8 Å². The maximum absolute atomic E-state index is 12.3. The van der Waals surface area contributed by atoms with Gasteiger partial charge in [0, 0.05) is 17.8 Å². The summed E-state index contributed by atoms with van der Waals surface area (Å²) in [4.78, 5) is 12.3. The van der Waals surface area contributed by atoms with Gasteiger partial charge in [0.15, 0.2) is 0 Å². The summed E-state index contributed by atoms with van der Waals surface area (Å²) in [6.45, 7) is 6.27. The van der Waals surface area contributed by atoms with Crippen LogP contribution in [0.1, 0.15) is 47.8 Å². The second-order valence-corrected chi connectivity index (χ2v) is 5.54. The van der Waals surface area contributed by atoms with Crippen molar-refractivity contribution in [3.05, 3.63) is 29.1 Å². The zero-order valence-corrected chi connectivity index (χ0v) is 12.0. The summed E-state index contributed by atoms with van der Waals surface area (Å²) in [5, 5.41) is 4.59. The van der Waals surface area contributed by atoms with Crippen LogP contribution in [-0.4, -0.2) is 22.2 Å². The summed E-state index contributed by atoms with van der Waals surface area (Å²) in [6.07, 6.45) is 2.94. The number of nitrogens with zero attached hydrogens (tertiary/aromatic N) is 2. The van der Waals surface area contributed by atoms with E-state index in [1.165, 1.54) is 0 Å². The predicted octanol–water partition coefficient (Wildman–Crippen LogP) is 2.53. The number of rotatable bonds is 3. The molecule has 2 N–H and O–H groups in total. The van der Waals surface area contributed by atoms with E-state index in [9.17, 15) is 4.79 Å². The van der Waals surface area contributed by atoms with Crippen LogP contribution in [0, 0.1) is 12.8 Å². The lowest BCUT2D eigenvalue weighted by Crippen LogP contribution is -2.07. The number of esters is 1. The molecule has 2 heterocycles. The molecule has 1 fully saturated rings. The van der Waals surface area contributed by atoms with Gasteiger partial charge in [-0.15, -0.1) is 0 Å². The second-order valence-electron chi connectivity index (χ2n) is 5.54. The molecule has 1 aliphatic rings. The molecule has 20 heavy (non-hydrogen) atoms. The lowest BCUT2D eigenvalue weighted by Gasteiger charge is -2.04. The van der Waals surface area contributed by atoms with Gasteiger partial charge in [0.2, 0.25) is 0 Å². The number of hydrogen-bond acceptors (Lipinski definition) is 4. The maximum atomic E-state index is 12.3. The summed E-state index contributed by atoms with van der Waals surface area (Å²) in [5.41, 5.74) is 9.74. The molecule has 2 aromatic heterocycles. The minimum Gasteiger partial charge on any atom is -0.462 e. The third-order valence-electron chi connectivity index (χ3n) is 3.98. The third kappa shape index (κ3) is 1.94. The maximum Gasteiger partial charge on any atom is 0.342 e. The molecule has 0 aromatic carbocycles. The normalized spacial score (nSPS) is 21.1. The molecule has 0 amide bonds. The summed E-state index contributed by atoms with van der Waals surface area (Å²) in [7, 11) is 0. The van der Waals surface area contributed by atoms with E-state index in [1.807, 2.05) is 26.1 Å². The number of aryl methyl sites for hydroxylation is 1. The number of hydrogen-bond donors (Lipinski definition) is 1. The van der Waals surface area contributed by atoms with Crippen molar-refractivity contribution in [2.45, 2.75) is 33.1 Å². The van der Waals surface area contributed by atoms with Crippen LogP contribution in [0.15, 0.2) is 12.3 Å². The van der Waals surface area contributed by atoms with Gasteiger partial charge < -0.3 is 10.5 Å². The Hall–Kier alpha value is -2.04. The van der Waals surface area contributed by atoms with Gasteiger partial charge in [-0.1, -0.05) is 6.92 Å². The first-order valence-electron chi connectivity index (χ1n) is 6.98. The number of nitrogen functional groups attached to an aromatic ring is 1. The molecule has 106 valence electrons. The second kappa shape index (κ2) is 4.51. The van der Waals surface area contributed by atoms with Crippen LogP contribution in [0.4, 0.5) is 5.69 Å². The molecule has 0 radical (unpaired) electrons. The summed E-state index contributed by atoms with van der Waals surface area (Å²) in [6, 6.07) is 1.81. The molecule has 0 bridgehead atoms. The Balaban J connectivity index is 2.21. The average molecular weight is 273 g/mol. The standard InChI is InChI=1S/C15H19N3O2/c1-4-20-15(19)13-12-6-11(16)9(3)7-18(12)17-14(13)10-5-8(10)2/h6-8,10H,4-5,16H2,1-3H3. The van der Waals surface area contributed by atoms with Crippen molar-refractivity contribution in [2.24, 2.45) is 5.92 Å². The summed E-state index contributed by atoms with van der Waals surface area (Å²) in [5.74, 6) is 0.627. The minimum atomic E-state index is -0.306. The first kappa shape index (κ1) is 13.0. The smallest absolute Gasteiger partial charge is 0.342 e. The Morgan fingerprint density at radius 1 is 1.60 bits per heavy atom.